The van der Waals surface area contributed by atoms with Crippen molar-refractivity contribution in [2.45, 2.75) is 27.1 Å². The first-order valence-electron chi connectivity index (χ1n) is 6.09. The van der Waals surface area contributed by atoms with E-state index >= 15 is 0 Å². The van der Waals surface area contributed by atoms with Crippen LogP contribution in [-0.2, 0) is 14.3 Å². The Morgan fingerprint density at radius 3 is 2.79 bits per heavy atom. The lowest BCUT2D eigenvalue weighted by Gasteiger charge is -2.16. The number of ether oxygens (including phenoxy) is 2. The first-order valence-corrected chi connectivity index (χ1v) is 6.47. The average Bonchev–Trinajstić information content (AvgIpc) is 2.61. The maximum absolute atomic E-state index is 11.5. The number of cyclic esters (lactones) is 1. The van der Waals surface area contributed by atoms with Gasteiger partial charge >= 0.3 is 5.97 Å². The lowest BCUT2D eigenvalue weighted by Crippen LogP contribution is -2.20. The predicted molar refractivity (Wildman–Crippen MR) is 73.9 cm³/mol. The number of aryl methyl sites for hydroxylation is 2. The molecular formula is C14H16ClNO3. The zero-order valence-corrected chi connectivity index (χ0v) is 11.9. The Hall–Kier alpha value is -1.52. The van der Waals surface area contributed by atoms with Gasteiger partial charge in [0, 0.05) is 12.3 Å². The molecule has 1 aliphatic rings. The van der Waals surface area contributed by atoms with Crippen LogP contribution in [0.25, 0.3) is 0 Å². The van der Waals surface area contributed by atoms with Crippen LogP contribution in [0.4, 0.5) is 5.69 Å². The summed E-state index contributed by atoms with van der Waals surface area (Å²) in [6, 6.07) is 5.97. The van der Waals surface area contributed by atoms with Crippen LogP contribution in [0.3, 0.4) is 0 Å². The van der Waals surface area contributed by atoms with Gasteiger partial charge in [-0.15, -0.1) is 0 Å². The van der Waals surface area contributed by atoms with Gasteiger partial charge in [-0.25, -0.2) is 4.79 Å². The number of benzene rings is 1. The number of hydrogen-bond acceptors (Lipinski definition) is 4. The third-order valence-electron chi connectivity index (χ3n) is 2.83. The van der Waals surface area contributed by atoms with E-state index in [2.05, 4.69) is 5.32 Å². The molecule has 1 aliphatic heterocycles. The number of rotatable bonds is 4. The van der Waals surface area contributed by atoms with Gasteiger partial charge in [0.05, 0.1) is 0 Å². The number of nitrogens with one attached hydrogen (secondary N) is 1. The largest absolute Gasteiger partial charge is 0.425 e. The van der Waals surface area contributed by atoms with Crippen molar-refractivity contribution in [1.29, 1.82) is 0 Å². The molecule has 0 amide bonds. The highest BCUT2D eigenvalue weighted by Crippen LogP contribution is 2.29. The minimum absolute atomic E-state index is 0.0402. The molecule has 1 atom stereocenters. The first-order chi connectivity index (χ1) is 9.02. The second-order valence-electron chi connectivity index (χ2n) is 4.36. The number of carbonyl (C=O) groups is 1. The lowest BCUT2D eigenvalue weighted by atomic mass is 10.1. The summed E-state index contributed by atoms with van der Waals surface area (Å²) in [7, 11) is 0. The molecule has 0 bridgehead atoms. The second-order valence-corrected chi connectivity index (χ2v) is 4.74. The number of anilines is 1. The summed E-state index contributed by atoms with van der Waals surface area (Å²) in [6.45, 7) is 6.26. The molecule has 2 rings (SSSR count). The Bertz CT molecular complexity index is 539. The van der Waals surface area contributed by atoms with Gasteiger partial charge in [0.25, 0.3) is 0 Å². The van der Waals surface area contributed by atoms with Crippen molar-refractivity contribution >= 4 is 23.3 Å². The Kier molecular flexibility index (Phi) is 4.12. The molecule has 0 aromatic heterocycles. The highest BCUT2D eigenvalue weighted by Gasteiger charge is 2.34. The third-order valence-corrected chi connectivity index (χ3v) is 3.19. The molecule has 4 nitrogen and oxygen atoms in total. The third kappa shape index (κ3) is 2.91. The van der Waals surface area contributed by atoms with E-state index in [4.69, 9.17) is 21.1 Å². The van der Waals surface area contributed by atoms with Crippen molar-refractivity contribution in [1.82, 2.24) is 0 Å². The highest BCUT2D eigenvalue weighted by molar-refractivity contribution is 6.42. The van der Waals surface area contributed by atoms with Crippen LogP contribution < -0.4 is 5.32 Å². The van der Waals surface area contributed by atoms with Gasteiger partial charge in [0.15, 0.2) is 5.03 Å². The molecule has 1 N–H and O–H groups in total. The van der Waals surface area contributed by atoms with Gasteiger partial charge in [-0.3, -0.25) is 0 Å². The summed E-state index contributed by atoms with van der Waals surface area (Å²) < 4.78 is 10.4. The summed E-state index contributed by atoms with van der Waals surface area (Å²) in [4.78, 5) is 11.5. The fraction of sp³-hybridized carbons (Fsp3) is 0.357. The number of carbonyl (C=O) groups excluding carboxylic acids is 1. The van der Waals surface area contributed by atoms with Gasteiger partial charge in [-0.1, -0.05) is 29.3 Å². The second kappa shape index (κ2) is 5.63. The fourth-order valence-corrected chi connectivity index (χ4v) is 2.08. The Labute approximate surface area is 117 Å². The van der Waals surface area contributed by atoms with Crippen molar-refractivity contribution < 1.29 is 14.3 Å². The smallest absolute Gasteiger partial charge is 0.354 e. The standard InChI is InChI=1S/C14H16ClNO3/c1-4-18-14-12(11(15)13(17)19-14)16-10-6-5-8(2)7-9(10)3/h5-7,14,16H,4H2,1-3H3/t14-/m1/s1. The number of hydrogen-bond donors (Lipinski definition) is 1. The van der Waals surface area contributed by atoms with E-state index in [1.165, 1.54) is 5.56 Å². The van der Waals surface area contributed by atoms with Gasteiger partial charge in [-0.05, 0) is 32.4 Å². The molecule has 0 saturated heterocycles. The molecule has 0 spiro atoms. The van der Waals surface area contributed by atoms with E-state index in [9.17, 15) is 4.79 Å². The molecular weight excluding hydrogens is 266 g/mol. The van der Waals surface area contributed by atoms with Gasteiger partial charge in [0.1, 0.15) is 5.70 Å². The van der Waals surface area contributed by atoms with Crippen LogP contribution in [-0.4, -0.2) is 18.9 Å². The van der Waals surface area contributed by atoms with E-state index < -0.39 is 12.3 Å². The lowest BCUT2D eigenvalue weighted by molar-refractivity contribution is -0.158. The summed E-state index contributed by atoms with van der Waals surface area (Å²) in [5.41, 5.74) is 3.57. The van der Waals surface area contributed by atoms with Crippen LogP contribution >= 0.6 is 11.6 Å². The number of esters is 1. The van der Waals surface area contributed by atoms with E-state index in [0.717, 1.165) is 11.3 Å². The predicted octanol–water partition coefficient (Wildman–Crippen LogP) is 3.09. The van der Waals surface area contributed by atoms with Gasteiger partial charge in [-0.2, -0.15) is 0 Å². The Morgan fingerprint density at radius 1 is 1.42 bits per heavy atom. The van der Waals surface area contributed by atoms with Crippen molar-refractivity contribution in [3.63, 3.8) is 0 Å². The summed E-state index contributed by atoms with van der Waals surface area (Å²) in [5, 5.41) is 3.17. The van der Waals surface area contributed by atoms with Crippen LogP contribution in [0.1, 0.15) is 18.1 Å². The first kappa shape index (κ1) is 13.9. The van der Waals surface area contributed by atoms with Crippen molar-refractivity contribution in [2.24, 2.45) is 0 Å². The normalized spacial score (nSPS) is 18.7. The SMILES string of the molecule is CCO[C@@H]1OC(=O)C(Cl)=C1Nc1ccc(C)cc1C. The molecule has 19 heavy (non-hydrogen) atoms. The zero-order valence-electron chi connectivity index (χ0n) is 11.1. The molecule has 0 aliphatic carbocycles. The quantitative estimate of drug-likeness (QED) is 0.862. The van der Waals surface area contributed by atoms with Crippen LogP contribution in [0.5, 0.6) is 0 Å². The van der Waals surface area contributed by atoms with Gasteiger partial charge < -0.3 is 14.8 Å². The summed E-state index contributed by atoms with van der Waals surface area (Å²) >= 11 is 5.96. The summed E-state index contributed by atoms with van der Waals surface area (Å²) in [5.74, 6) is -0.563. The van der Waals surface area contributed by atoms with Gasteiger partial charge in [0.2, 0.25) is 6.29 Å². The Balaban J connectivity index is 2.27. The van der Waals surface area contributed by atoms with Crippen molar-refractivity contribution in [3.05, 3.63) is 40.1 Å². The molecule has 1 aromatic carbocycles. The van der Waals surface area contributed by atoms with Crippen LogP contribution in [0, 0.1) is 13.8 Å². The average molecular weight is 282 g/mol. The topological polar surface area (TPSA) is 47.6 Å². The molecule has 5 heteroatoms. The molecule has 0 saturated carbocycles. The van der Waals surface area contributed by atoms with Crippen molar-refractivity contribution in [3.8, 4) is 0 Å². The number of halogens is 1. The minimum Gasteiger partial charge on any atom is -0.425 e. The molecule has 1 aromatic rings. The highest BCUT2D eigenvalue weighted by atomic mass is 35.5. The molecule has 0 fully saturated rings. The minimum atomic E-state index is -0.759. The van der Waals surface area contributed by atoms with Crippen molar-refractivity contribution in [2.75, 3.05) is 11.9 Å². The summed E-state index contributed by atoms with van der Waals surface area (Å²) in [6.07, 6.45) is -0.759. The molecule has 0 unspecified atom stereocenters. The maximum Gasteiger partial charge on any atom is 0.354 e. The monoisotopic (exact) mass is 281 g/mol. The molecule has 102 valence electrons. The maximum atomic E-state index is 11.5. The Morgan fingerprint density at radius 2 is 2.16 bits per heavy atom. The van der Waals surface area contributed by atoms with E-state index in [0.29, 0.717) is 12.3 Å². The molecule has 1 heterocycles. The molecule has 0 radical (unpaired) electrons. The van der Waals surface area contributed by atoms with Crippen LogP contribution in [0.2, 0.25) is 0 Å². The zero-order chi connectivity index (χ0) is 14.0. The van der Waals surface area contributed by atoms with E-state index in [-0.39, 0.29) is 5.03 Å². The van der Waals surface area contributed by atoms with E-state index in [1.807, 2.05) is 39.0 Å². The fourth-order valence-electron chi connectivity index (χ4n) is 1.90. The van der Waals surface area contributed by atoms with E-state index in [1.54, 1.807) is 0 Å². The van der Waals surface area contributed by atoms with Crippen LogP contribution in [0.15, 0.2) is 28.9 Å².